The normalized spacial score (nSPS) is 12.7. The second kappa shape index (κ2) is 9.89. The van der Waals surface area contributed by atoms with E-state index in [1.165, 1.54) is 7.11 Å². The van der Waals surface area contributed by atoms with Crippen molar-refractivity contribution in [2.75, 3.05) is 33.5 Å². The van der Waals surface area contributed by atoms with Crippen LogP contribution in [-0.4, -0.2) is 50.6 Å². The molecule has 0 aliphatic carbocycles. The monoisotopic (exact) mass is 219 g/mol. The molecule has 0 amide bonds. The van der Waals surface area contributed by atoms with Gasteiger partial charge in [-0.2, -0.15) is 0 Å². The summed E-state index contributed by atoms with van der Waals surface area (Å²) in [6.07, 6.45) is 2.15. The van der Waals surface area contributed by atoms with Gasteiger partial charge in [0, 0.05) is 20.3 Å². The predicted octanol–water partition coefficient (Wildman–Crippen LogP) is 0.492. The Labute approximate surface area is 90.8 Å². The molecule has 1 unspecified atom stereocenters. The van der Waals surface area contributed by atoms with Crippen LogP contribution in [0, 0.1) is 0 Å². The molecule has 2 N–H and O–H groups in total. The van der Waals surface area contributed by atoms with Gasteiger partial charge in [-0.1, -0.05) is 13.3 Å². The zero-order valence-corrected chi connectivity index (χ0v) is 9.49. The third kappa shape index (κ3) is 8.35. The molecule has 0 bridgehead atoms. The summed E-state index contributed by atoms with van der Waals surface area (Å²) in [5, 5.41) is 11.6. The van der Waals surface area contributed by atoms with Crippen molar-refractivity contribution in [1.29, 1.82) is 0 Å². The minimum absolute atomic E-state index is 0.171. The average Bonchev–Trinajstić information content (AvgIpc) is 2.21. The Kier molecular flexibility index (Phi) is 9.46. The Morgan fingerprint density at radius 3 is 2.73 bits per heavy atom. The van der Waals surface area contributed by atoms with Crippen LogP contribution < -0.4 is 5.32 Å². The zero-order valence-electron chi connectivity index (χ0n) is 9.49. The van der Waals surface area contributed by atoms with Gasteiger partial charge < -0.3 is 19.9 Å². The number of carboxylic acid groups (broad SMARTS) is 1. The maximum absolute atomic E-state index is 10.7. The van der Waals surface area contributed by atoms with Crippen LogP contribution in [0.1, 0.15) is 19.8 Å². The highest BCUT2D eigenvalue weighted by Gasteiger charge is 2.15. The Morgan fingerprint density at radius 2 is 2.20 bits per heavy atom. The number of ether oxygens (including phenoxy) is 2. The molecule has 5 heteroatoms. The molecule has 0 aliphatic rings. The quantitative estimate of drug-likeness (QED) is 0.523. The zero-order chi connectivity index (χ0) is 11.5. The molecule has 0 spiro atoms. The molecule has 0 saturated carbocycles. The third-order valence-corrected chi connectivity index (χ3v) is 1.91. The topological polar surface area (TPSA) is 67.8 Å². The van der Waals surface area contributed by atoms with Crippen LogP contribution in [0.4, 0.5) is 0 Å². The van der Waals surface area contributed by atoms with Crippen LogP contribution in [0.25, 0.3) is 0 Å². The van der Waals surface area contributed by atoms with Gasteiger partial charge >= 0.3 is 5.97 Å². The van der Waals surface area contributed by atoms with Gasteiger partial charge in [0.15, 0.2) is 0 Å². The maximum atomic E-state index is 10.7. The lowest BCUT2D eigenvalue weighted by Gasteiger charge is -2.13. The molecule has 0 aromatic rings. The molecule has 0 aliphatic heterocycles. The predicted molar refractivity (Wildman–Crippen MR) is 57.0 cm³/mol. The highest BCUT2D eigenvalue weighted by molar-refractivity contribution is 5.73. The number of aliphatic carboxylic acids is 1. The molecule has 90 valence electrons. The summed E-state index contributed by atoms with van der Waals surface area (Å²) in [7, 11) is 1.48. The highest BCUT2D eigenvalue weighted by atomic mass is 16.5. The summed E-state index contributed by atoms with van der Waals surface area (Å²) in [6, 6.07) is -0.648. The smallest absolute Gasteiger partial charge is 0.323 e. The number of carboxylic acids is 1. The highest BCUT2D eigenvalue weighted by Crippen LogP contribution is 1.88. The lowest BCUT2D eigenvalue weighted by molar-refractivity contribution is -0.140. The summed E-state index contributed by atoms with van der Waals surface area (Å²) in [5.41, 5.74) is 0. The van der Waals surface area contributed by atoms with E-state index in [2.05, 4.69) is 12.2 Å². The van der Waals surface area contributed by atoms with Crippen LogP contribution in [0.2, 0.25) is 0 Å². The molecular formula is C10H21NO4. The summed E-state index contributed by atoms with van der Waals surface area (Å²) < 4.78 is 10.1. The molecule has 0 aromatic carbocycles. The summed E-state index contributed by atoms with van der Waals surface area (Å²) in [5.74, 6) is -0.898. The average molecular weight is 219 g/mol. The first-order valence-electron chi connectivity index (χ1n) is 5.25. The van der Waals surface area contributed by atoms with E-state index in [0.29, 0.717) is 13.2 Å². The molecule has 0 fully saturated rings. The second-order valence-electron chi connectivity index (χ2n) is 3.27. The van der Waals surface area contributed by atoms with Crippen molar-refractivity contribution in [1.82, 2.24) is 5.32 Å². The van der Waals surface area contributed by atoms with Crippen molar-refractivity contribution >= 4 is 5.97 Å². The van der Waals surface area contributed by atoms with Gasteiger partial charge in [0.05, 0.1) is 13.2 Å². The molecule has 0 saturated heterocycles. The van der Waals surface area contributed by atoms with Crippen LogP contribution in [0.5, 0.6) is 0 Å². The van der Waals surface area contributed by atoms with E-state index < -0.39 is 12.0 Å². The standard InChI is InChI=1S/C10H21NO4/c1-3-4-6-15-7-5-11-9(8-14-2)10(12)13/h9,11H,3-8H2,1-2H3,(H,12,13). The van der Waals surface area contributed by atoms with Gasteiger partial charge in [-0.05, 0) is 6.42 Å². The molecule has 5 nitrogen and oxygen atoms in total. The molecular weight excluding hydrogens is 198 g/mol. The van der Waals surface area contributed by atoms with Crippen molar-refractivity contribution in [3.8, 4) is 0 Å². The van der Waals surface area contributed by atoms with Crippen molar-refractivity contribution in [2.45, 2.75) is 25.8 Å². The van der Waals surface area contributed by atoms with Crippen molar-refractivity contribution in [3.63, 3.8) is 0 Å². The number of carbonyl (C=O) groups is 1. The van der Waals surface area contributed by atoms with Gasteiger partial charge in [-0.15, -0.1) is 0 Å². The Balaban J connectivity index is 3.41. The maximum Gasteiger partial charge on any atom is 0.323 e. The van der Waals surface area contributed by atoms with Crippen LogP contribution >= 0.6 is 0 Å². The van der Waals surface area contributed by atoms with Crippen molar-refractivity contribution in [3.05, 3.63) is 0 Å². The van der Waals surface area contributed by atoms with Gasteiger partial charge in [0.25, 0.3) is 0 Å². The molecule has 0 radical (unpaired) electrons. The fourth-order valence-electron chi connectivity index (χ4n) is 1.04. The number of methoxy groups -OCH3 is 1. The van der Waals surface area contributed by atoms with Crippen LogP contribution in [0.15, 0.2) is 0 Å². The molecule has 0 heterocycles. The lowest BCUT2D eigenvalue weighted by atomic mass is 10.3. The minimum Gasteiger partial charge on any atom is -0.480 e. The largest absolute Gasteiger partial charge is 0.480 e. The van der Waals surface area contributed by atoms with E-state index >= 15 is 0 Å². The van der Waals surface area contributed by atoms with Gasteiger partial charge in [0.2, 0.25) is 0 Å². The first kappa shape index (κ1) is 14.3. The molecule has 0 aromatic heterocycles. The number of nitrogens with one attached hydrogen (secondary N) is 1. The molecule has 0 rings (SSSR count). The van der Waals surface area contributed by atoms with E-state index in [0.717, 1.165) is 19.4 Å². The van der Waals surface area contributed by atoms with Crippen molar-refractivity contribution in [2.24, 2.45) is 0 Å². The van der Waals surface area contributed by atoms with E-state index in [4.69, 9.17) is 14.6 Å². The molecule has 15 heavy (non-hydrogen) atoms. The Morgan fingerprint density at radius 1 is 1.47 bits per heavy atom. The van der Waals surface area contributed by atoms with Gasteiger partial charge in [-0.3, -0.25) is 4.79 Å². The van der Waals surface area contributed by atoms with Gasteiger partial charge in [-0.25, -0.2) is 0 Å². The summed E-state index contributed by atoms with van der Waals surface area (Å²) in [4.78, 5) is 10.7. The third-order valence-electron chi connectivity index (χ3n) is 1.91. The number of hydrogen-bond acceptors (Lipinski definition) is 4. The van der Waals surface area contributed by atoms with Gasteiger partial charge in [0.1, 0.15) is 6.04 Å². The fourth-order valence-corrected chi connectivity index (χ4v) is 1.04. The van der Waals surface area contributed by atoms with E-state index in [1.807, 2.05) is 0 Å². The van der Waals surface area contributed by atoms with Crippen LogP contribution in [-0.2, 0) is 14.3 Å². The number of unbranched alkanes of at least 4 members (excludes halogenated alkanes) is 1. The molecule has 1 atom stereocenters. The lowest BCUT2D eigenvalue weighted by Crippen LogP contribution is -2.41. The number of hydrogen-bond donors (Lipinski definition) is 2. The fraction of sp³-hybridized carbons (Fsp3) is 0.900. The minimum atomic E-state index is -0.898. The van der Waals surface area contributed by atoms with Crippen molar-refractivity contribution < 1.29 is 19.4 Å². The summed E-state index contributed by atoms with van der Waals surface area (Å²) >= 11 is 0. The Bertz CT molecular complexity index is 164. The van der Waals surface area contributed by atoms with Crippen LogP contribution in [0.3, 0.4) is 0 Å². The van der Waals surface area contributed by atoms with E-state index in [-0.39, 0.29) is 6.61 Å². The first-order chi connectivity index (χ1) is 7.22. The second-order valence-corrected chi connectivity index (χ2v) is 3.27. The van der Waals surface area contributed by atoms with E-state index in [9.17, 15) is 4.79 Å². The summed E-state index contributed by atoms with van der Waals surface area (Å²) in [6.45, 7) is 4.07. The number of rotatable bonds is 10. The SMILES string of the molecule is CCCCOCCNC(COC)C(=O)O. The first-order valence-corrected chi connectivity index (χ1v) is 5.25. The van der Waals surface area contributed by atoms with E-state index in [1.54, 1.807) is 0 Å². The Hall–Kier alpha value is -0.650.